The van der Waals surface area contributed by atoms with Crippen LogP contribution in [0.3, 0.4) is 0 Å². The first kappa shape index (κ1) is 23.7. The van der Waals surface area contributed by atoms with Gasteiger partial charge in [-0.25, -0.2) is 14.6 Å². The van der Waals surface area contributed by atoms with Crippen LogP contribution in [0.4, 0.5) is 10.7 Å². The Bertz CT molecular complexity index is 1170. The van der Waals surface area contributed by atoms with Crippen LogP contribution in [0.2, 0.25) is 0 Å². The van der Waals surface area contributed by atoms with E-state index in [2.05, 4.69) is 25.3 Å². The molecule has 1 atom stereocenters. The number of imidazole rings is 1. The molecular weight excluding hydrogens is 432 g/mol. The number of nitrogens with one attached hydrogen (secondary N) is 3. The molecule has 0 aliphatic carbocycles. The van der Waals surface area contributed by atoms with Gasteiger partial charge in [-0.1, -0.05) is 44.2 Å². The average molecular weight is 458 g/mol. The van der Waals surface area contributed by atoms with Crippen molar-refractivity contribution in [1.29, 1.82) is 0 Å². The number of nitrogens with two attached hydrogens (primary N) is 1. The Balaban J connectivity index is 1.60. The van der Waals surface area contributed by atoms with Crippen LogP contribution in [0, 0.1) is 5.92 Å². The fraction of sp³-hybridized carbons (Fsp3) is 0.381. The summed E-state index contributed by atoms with van der Waals surface area (Å²) in [6.07, 6.45) is -0.859. The Hall–Kier alpha value is -3.93. The Morgan fingerprint density at radius 3 is 2.58 bits per heavy atom. The van der Waals surface area contributed by atoms with Gasteiger partial charge in [-0.05, 0) is 11.5 Å². The number of amides is 1. The monoisotopic (exact) mass is 458 g/mol. The summed E-state index contributed by atoms with van der Waals surface area (Å²) in [5.74, 6) is -1.39. The summed E-state index contributed by atoms with van der Waals surface area (Å²) >= 11 is 0. The molecule has 6 N–H and O–H groups in total. The molecule has 0 aliphatic heterocycles. The summed E-state index contributed by atoms with van der Waals surface area (Å²) in [5, 5.41) is 12.4. The normalized spacial score (nSPS) is 13.1. The van der Waals surface area contributed by atoms with Crippen LogP contribution in [-0.2, 0) is 27.5 Å². The fourth-order valence-electron chi connectivity index (χ4n) is 3.29. The van der Waals surface area contributed by atoms with Crippen molar-refractivity contribution in [3.63, 3.8) is 0 Å². The van der Waals surface area contributed by atoms with Crippen LogP contribution in [0.15, 0.2) is 35.1 Å². The van der Waals surface area contributed by atoms with Gasteiger partial charge in [0.1, 0.15) is 24.6 Å². The highest BCUT2D eigenvalue weighted by molar-refractivity contribution is 5.84. The zero-order valence-electron chi connectivity index (χ0n) is 18.3. The number of nitrogen functional groups attached to an aromatic ring is 1. The van der Waals surface area contributed by atoms with Gasteiger partial charge in [0.05, 0.1) is 6.61 Å². The van der Waals surface area contributed by atoms with E-state index in [-0.39, 0.29) is 43.4 Å². The van der Waals surface area contributed by atoms with Gasteiger partial charge < -0.3 is 30.6 Å². The number of carbonyl (C=O) groups excluding carboxylic acids is 1. The van der Waals surface area contributed by atoms with E-state index in [0.717, 1.165) is 5.56 Å². The first-order valence-corrected chi connectivity index (χ1v) is 10.3. The van der Waals surface area contributed by atoms with Gasteiger partial charge in [-0.15, -0.1) is 0 Å². The number of carboxylic acid groups (broad SMARTS) is 1. The van der Waals surface area contributed by atoms with E-state index in [4.69, 9.17) is 15.2 Å². The van der Waals surface area contributed by atoms with Crippen molar-refractivity contribution in [3.05, 3.63) is 52.1 Å². The minimum Gasteiger partial charge on any atom is -0.479 e. The van der Waals surface area contributed by atoms with Gasteiger partial charge in [-0.3, -0.25) is 9.78 Å². The molecule has 0 saturated heterocycles. The first-order valence-electron chi connectivity index (χ1n) is 10.3. The summed E-state index contributed by atoms with van der Waals surface area (Å²) in [7, 11) is 0. The number of alkyl carbamates (subject to hydrolysis) is 1. The van der Waals surface area contributed by atoms with E-state index >= 15 is 0 Å². The van der Waals surface area contributed by atoms with Crippen LogP contribution < -0.4 is 16.6 Å². The molecule has 176 valence electrons. The number of carboxylic acids is 1. The molecule has 0 unspecified atom stereocenters. The number of aliphatic carboxylic acids is 1. The van der Waals surface area contributed by atoms with Crippen molar-refractivity contribution >= 4 is 29.2 Å². The third kappa shape index (κ3) is 5.66. The molecule has 0 radical (unpaired) electrons. The Labute approximate surface area is 188 Å². The van der Waals surface area contributed by atoms with Crippen LogP contribution in [0.1, 0.15) is 31.7 Å². The molecule has 1 aromatic carbocycles. The first-order chi connectivity index (χ1) is 15.7. The SMILES string of the molecule is CC(C)[C@](CCOCc1nc2nc(N)[nH]c(=O)c2[nH]1)(NC(=O)OCc1ccccc1)C(=O)O. The van der Waals surface area contributed by atoms with Crippen molar-refractivity contribution in [2.45, 2.75) is 39.0 Å². The number of anilines is 1. The molecule has 12 heteroatoms. The van der Waals surface area contributed by atoms with Crippen LogP contribution in [0.25, 0.3) is 11.2 Å². The molecule has 2 heterocycles. The number of aromatic nitrogens is 4. The van der Waals surface area contributed by atoms with Crippen LogP contribution in [0.5, 0.6) is 0 Å². The molecule has 3 aromatic rings. The topological polar surface area (TPSA) is 185 Å². The van der Waals surface area contributed by atoms with Crippen molar-refractivity contribution < 1.29 is 24.2 Å². The molecule has 33 heavy (non-hydrogen) atoms. The number of hydrogen-bond donors (Lipinski definition) is 5. The molecule has 12 nitrogen and oxygen atoms in total. The minimum atomic E-state index is -1.60. The second kappa shape index (κ2) is 10.1. The molecule has 2 aromatic heterocycles. The Morgan fingerprint density at radius 1 is 1.18 bits per heavy atom. The predicted octanol–water partition coefficient (Wildman–Crippen LogP) is 1.54. The van der Waals surface area contributed by atoms with Crippen molar-refractivity contribution in [1.82, 2.24) is 25.3 Å². The maximum Gasteiger partial charge on any atom is 0.408 e. The number of H-pyrrole nitrogens is 2. The number of carbonyl (C=O) groups is 2. The van der Waals surface area contributed by atoms with Gasteiger partial charge in [-0.2, -0.15) is 4.98 Å². The summed E-state index contributed by atoms with van der Waals surface area (Å²) in [5.41, 5.74) is 4.53. The molecule has 0 fully saturated rings. The fourth-order valence-corrected chi connectivity index (χ4v) is 3.29. The lowest BCUT2D eigenvalue weighted by Gasteiger charge is -2.33. The lowest BCUT2D eigenvalue weighted by atomic mass is 9.83. The number of ether oxygens (including phenoxy) is 2. The van der Waals surface area contributed by atoms with Gasteiger partial charge in [0.15, 0.2) is 11.2 Å². The highest BCUT2D eigenvalue weighted by Gasteiger charge is 2.43. The molecular formula is C21H26N6O6. The van der Waals surface area contributed by atoms with Gasteiger partial charge in [0.2, 0.25) is 5.95 Å². The highest BCUT2D eigenvalue weighted by Crippen LogP contribution is 2.23. The summed E-state index contributed by atoms with van der Waals surface area (Å²) in [6, 6.07) is 9.06. The van der Waals surface area contributed by atoms with E-state index in [9.17, 15) is 19.5 Å². The lowest BCUT2D eigenvalue weighted by Crippen LogP contribution is -2.58. The molecule has 3 rings (SSSR count). The predicted molar refractivity (Wildman–Crippen MR) is 118 cm³/mol. The third-order valence-electron chi connectivity index (χ3n) is 5.21. The summed E-state index contributed by atoms with van der Waals surface area (Å²) in [6.45, 7) is 3.36. The largest absolute Gasteiger partial charge is 0.479 e. The Kier molecular flexibility index (Phi) is 7.28. The average Bonchev–Trinajstić information content (AvgIpc) is 3.18. The molecule has 0 spiro atoms. The zero-order chi connectivity index (χ0) is 24.0. The lowest BCUT2D eigenvalue weighted by molar-refractivity contribution is -0.148. The maximum absolute atomic E-state index is 12.4. The second-order valence-corrected chi connectivity index (χ2v) is 7.75. The smallest absolute Gasteiger partial charge is 0.408 e. The number of hydrogen-bond acceptors (Lipinski definition) is 8. The summed E-state index contributed by atoms with van der Waals surface area (Å²) in [4.78, 5) is 49.6. The quantitative estimate of drug-likeness (QED) is 0.281. The highest BCUT2D eigenvalue weighted by atomic mass is 16.5. The standard InChI is InChI=1S/C21H26N6O6/c1-12(2)21(18(29)30,27-20(31)33-10-13-6-4-3-5-7-13)8-9-32-11-14-23-15-16(24-14)25-19(22)26-17(15)28/h3-7,12H,8-11H2,1-2H3,(H,27,31)(H,29,30)(H4,22,23,24,25,26,28)/t21-/m0/s1. The molecule has 0 saturated carbocycles. The third-order valence-corrected chi connectivity index (χ3v) is 5.21. The van der Waals surface area contributed by atoms with E-state index in [1.807, 2.05) is 18.2 Å². The molecule has 1 amide bonds. The van der Waals surface area contributed by atoms with Crippen molar-refractivity contribution in [2.75, 3.05) is 12.3 Å². The molecule has 0 bridgehead atoms. The maximum atomic E-state index is 12.4. The second-order valence-electron chi connectivity index (χ2n) is 7.75. The number of rotatable bonds is 10. The zero-order valence-corrected chi connectivity index (χ0v) is 18.3. The van der Waals surface area contributed by atoms with E-state index < -0.39 is 29.1 Å². The number of aromatic amines is 2. The number of nitrogens with zero attached hydrogens (tertiary/aromatic N) is 2. The van der Waals surface area contributed by atoms with Crippen LogP contribution >= 0.6 is 0 Å². The summed E-state index contributed by atoms with van der Waals surface area (Å²) < 4.78 is 10.8. The number of benzene rings is 1. The van der Waals surface area contributed by atoms with Gasteiger partial charge in [0, 0.05) is 6.42 Å². The van der Waals surface area contributed by atoms with Crippen molar-refractivity contribution in [3.8, 4) is 0 Å². The van der Waals surface area contributed by atoms with E-state index in [0.29, 0.717) is 5.82 Å². The van der Waals surface area contributed by atoms with Gasteiger partial charge >= 0.3 is 12.1 Å². The van der Waals surface area contributed by atoms with E-state index in [1.165, 1.54) is 0 Å². The van der Waals surface area contributed by atoms with Gasteiger partial charge in [0.25, 0.3) is 5.56 Å². The number of fused-ring (bicyclic) bond motifs is 1. The van der Waals surface area contributed by atoms with Crippen LogP contribution in [-0.4, -0.2) is 49.3 Å². The minimum absolute atomic E-state index is 0.00752. The van der Waals surface area contributed by atoms with E-state index in [1.54, 1.807) is 26.0 Å². The Morgan fingerprint density at radius 2 is 1.91 bits per heavy atom. The van der Waals surface area contributed by atoms with Crippen molar-refractivity contribution in [2.24, 2.45) is 5.92 Å². The molecule has 0 aliphatic rings.